The van der Waals surface area contributed by atoms with Gasteiger partial charge in [0.2, 0.25) is 0 Å². The molecule has 1 aromatic carbocycles. The highest BCUT2D eigenvalue weighted by atomic mass is 16.5. The second-order valence-corrected chi connectivity index (χ2v) is 3.92. The molecular weight excluding hydrogens is 208 g/mol. The average molecular weight is 222 g/mol. The van der Waals surface area contributed by atoms with Crippen molar-refractivity contribution in [2.24, 2.45) is 5.92 Å². The highest BCUT2D eigenvalue weighted by Gasteiger charge is 2.24. The average Bonchev–Trinajstić information content (AvgIpc) is 2.30. The van der Waals surface area contributed by atoms with E-state index < -0.39 is 0 Å². The van der Waals surface area contributed by atoms with E-state index in [9.17, 15) is 9.90 Å². The first-order valence-electron chi connectivity index (χ1n) is 5.21. The molecule has 4 heteroatoms. The molecule has 0 radical (unpaired) electrons. The van der Waals surface area contributed by atoms with Crippen molar-refractivity contribution >= 4 is 5.97 Å². The fourth-order valence-electron chi connectivity index (χ4n) is 1.90. The highest BCUT2D eigenvalue weighted by molar-refractivity contribution is 5.69. The number of methoxy groups -OCH3 is 1. The van der Waals surface area contributed by atoms with Crippen molar-refractivity contribution in [3.8, 4) is 11.5 Å². The van der Waals surface area contributed by atoms with Crippen LogP contribution >= 0.6 is 0 Å². The van der Waals surface area contributed by atoms with Gasteiger partial charge in [0, 0.05) is 11.5 Å². The van der Waals surface area contributed by atoms with Crippen LogP contribution < -0.4 is 4.74 Å². The van der Waals surface area contributed by atoms with Crippen molar-refractivity contribution in [1.82, 2.24) is 0 Å². The standard InChI is InChI=1S/C12H14O4/c1-15-12(14)6-8-5-9-10(13)3-2-4-11(9)16-7-8/h2-4,8,13H,5-7H2,1H3. The van der Waals surface area contributed by atoms with Crippen molar-refractivity contribution in [3.63, 3.8) is 0 Å². The quantitative estimate of drug-likeness (QED) is 0.770. The van der Waals surface area contributed by atoms with Gasteiger partial charge in [-0.15, -0.1) is 0 Å². The SMILES string of the molecule is COC(=O)CC1COc2cccc(O)c2C1. The summed E-state index contributed by atoms with van der Waals surface area (Å²) < 4.78 is 10.1. The highest BCUT2D eigenvalue weighted by Crippen LogP contribution is 2.34. The zero-order valence-corrected chi connectivity index (χ0v) is 9.10. The number of hydrogen-bond acceptors (Lipinski definition) is 4. The van der Waals surface area contributed by atoms with Crippen molar-refractivity contribution < 1.29 is 19.4 Å². The van der Waals surface area contributed by atoms with Crippen molar-refractivity contribution in [3.05, 3.63) is 23.8 Å². The van der Waals surface area contributed by atoms with Crippen LogP contribution in [0.15, 0.2) is 18.2 Å². The normalized spacial score (nSPS) is 18.4. The summed E-state index contributed by atoms with van der Waals surface area (Å²) in [6, 6.07) is 5.20. The van der Waals surface area contributed by atoms with Crippen LogP contribution in [0.1, 0.15) is 12.0 Å². The number of aromatic hydroxyl groups is 1. The molecule has 1 N–H and O–H groups in total. The molecule has 86 valence electrons. The van der Waals surface area contributed by atoms with Gasteiger partial charge in [0.25, 0.3) is 0 Å². The van der Waals surface area contributed by atoms with Gasteiger partial charge in [0.1, 0.15) is 11.5 Å². The van der Waals surface area contributed by atoms with Crippen LogP contribution in [0.2, 0.25) is 0 Å². The van der Waals surface area contributed by atoms with E-state index in [2.05, 4.69) is 4.74 Å². The molecule has 0 spiro atoms. The summed E-state index contributed by atoms with van der Waals surface area (Å²) in [5, 5.41) is 9.67. The van der Waals surface area contributed by atoms with E-state index in [4.69, 9.17) is 4.74 Å². The number of carbonyl (C=O) groups excluding carboxylic acids is 1. The van der Waals surface area contributed by atoms with E-state index in [-0.39, 0.29) is 17.6 Å². The molecule has 1 unspecified atom stereocenters. The fraction of sp³-hybridized carbons (Fsp3) is 0.417. The fourth-order valence-corrected chi connectivity index (χ4v) is 1.90. The summed E-state index contributed by atoms with van der Waals surface area (Å²) in [6.45, 7) is 0.492. The number of hydrogen-bond donors (Lipinski definition) is 1. The molecule has 0 amide bonds. The Kier molecular flexibility index (Phi) is 2.99. The van der Waals surface area contributed by atoms with Crippen molar-refractivity contribution in [2.75, 3.05) is 13.7 Å². The predicted molar refractivity (Wildman–Crippen MR) is 57.4 cm³/mol. The van der Waals surface area contributed by atoms with Gasteiger partial charge in [-0.2, -0.15) is 0 Å². The van der Waals surface area contributed by atoms with Crippen LogP contribution in [0.5, 0.6) is 11.5 Å². The zero-order valence-electron chi connectivity index (χ0n) is 9.10. The van der Waals surface area contributed by atoms with E-state index in [0.717, 1.165) is 5.56 Å². The molecule has 0 fully saturated rings. The number of esters is 1. The number of rotatable bonds is 2. The van der Waals surface area contributed by atoms with Crippen LogP contribution in [-0.4, -0.2) is 24.8 Å². The maximum atomic E-state index is 11.1. The van der Waals surface area contributed by atoms with Crippen molar-refractivity contribution in [1.29, 1.82) is 0 Å². The first-order chi connectivity index (χ1) is 7.70. The first-order valence-corrected chi connectivity index (χ1v) is 5.21. The molecule has 0 aromatic heterocycles. The molecule has 16 heavy (non-hydrogen) atoms. The number of phenolic OH excluding ortho intramolecular Hbond substituents is 1. The predicted octanol–water partition coefficient (Wildman–Crippen LogP) is 1.51. The van der Waals surface area contributed by atoms with Gasteiger partial charge in [0.05, 0.1) is 20.1 Å². The Morgan fingerprint density at radius 1 is 1.62 bits per heavy atom. The number of phenols is 1. The van der Waals surface area contributed by atoms with Gasteiger partial charge < -0.3 is 14.6 Å². The Hall–Kier alpha value is -1.71. The Labute approximate surface area is 93.8 Å². The Morgan fingerprint density at radius 2 is 2.44 bits per heavy atom. The van der Waals surface area contributed by atoms with Gasteiger partial charge in [-0.05, 0) is 18.6 Å². The Bertz CT molecular complexity index is 400. The molecule has 4 nitrogen and oxygen atoms in total. The molecule has 0 saturated carbocycles. The third kappa shape index (κ3) is 2.10. The summed E-state index contributed by atoms with van der Waals surface area (Å²) in [5.41, 5.74) is 0.780. The lowest BCUT2D eigenvalue weighted by Crippen LogP contribution is -2.24. The number of ether oxygens (including phenoxy) is 2. The van der Waals surface area contributed by atoms with E-state index in [1.165, 1.54) is 7.11 Å². The van der Waals surface area contributed by atoms with Gasteiger partial charge in [-0.3, -0.25) is 4.79 Å². The van der Waals surface area contributed by atoms with Crippen molar-refractivity contribution in [2.45, 2.75) is 12.8 Å². The summed E-state index contributed by atoms with van der Waals surface area (Å²) in [7, 11) is 1.37. The first kappa shape index (κ1) is 10.8. The molecule has 0 bridgehead atoms. The topological polar surface area (TPSA) is 55.8 Å². The third-order valence-corrected chi connectivity index (χ3v) is 2.76. The summed E-state index contributed by atoms with van der Waals surface area (Å²) >= 11 is 0. The van der Waals surface area contributed by atoms with Crippen LogP contribution in [0, 0.1) is 5.92 Å². The summed E-state index contributed by atoms with van der Waals surface area (Å²) in [5.74, 6) is 0.772. The van der Waals surface area contributed by atoms with E-state index >= 15 is 0 Å². The van der Waals surface area contributed by atoms with Gasteiger partial charge >= 0.3 is 5.97 Å². The minimum absolute atomic E-state index is 0.0771. The molecule has 2 rings (SSSR count). The Balaban J connectivity index is 2.11. The maximum Gasteiger partial charge on any atom is 0.305 e. The minimum atomic E-state index is -0.243. The van der Waals surface area contributed by atoms with E-state index in [1.807, 2.05) is 6.07 Å². The van der Waals surface area contributed by atoms with E-state index in [0.29, 0.717) is 25.2 Å². The van der Waals surface area contributed by atoms with Gasteiger partial charge in [-0.25, -0.2) is 0 Å². The summed E-state index contributed by atoms with van der Waals surface area (Å²) in [4.78, 5) is 11.1. The third-order valence-electron chi connectivity index (χ3n) is 2.76. The molecule has 0 aliphatic carbocycles. The summed E-state index contributed by atoms with van der Waals surface area (Å²) in [6.07, 6.45) is 0.974. The van der Waals surface area contributed by atoms with Gasteiger partial charge in [-0.1, -0.05) is 6.07 Å². The molecular formula is C12H14O4. The second kappa shape index (κ2) is 4.43. The molecule has 1 aromatic rings. The lowest BCUT2D eigenvalue weighted by atomic mass is 9.93. The van der Waals surface area contributed by atoms with Crippen LogP contribution in [0.4, 0.5) is 0 Å². The van der Waals surface area contributed by atoms with Crippen LogP contribution in [0.3, 0.4) is 0 Å². The molecule has 1 heterocycles. The smallest absolute Gasteiger partial charge is 0.305 e. The number of fused-ring (bicyclic) bond motifs is 1. The molecule has 1 aliphatic rings. The van der Waals surface area contributed by atoms with Gasteiger partial charge in [0.15, 0.2) is 0 Å². The lowest BCUT2D eigenvalue weighted by molar-refractivity contribution is -0.142. The van der Waals surface area contributed by atoms with Crippen LogP contribution in [-0.2, 0) is 16.0 Å². The number of carbonyl (C=O) groups is 1. The maximum absolute atomic E-state index is 11.1. The van der Waals surface area contributed by atoms with E-state index in [1.54, 1.807) is 12.1 Å². The zero-order chi connectivity index (χ0) is 11.5. The lowest BCUT2D eigenvalue weighted by Gasteiger charge is -2.24. The van der Waals surface area contributed by atoms with Crippen LogP contribution in [0.25, 0.3) is 0 Å². The Morgan fingerprint density at radius 3 is 3.19 bits per heavy atom. The monoisotopic (exact) mass is 222 g/mol. The second-order valence-electron chi connectivity index (χ2n) is 3.92. The number of benzene rings is 1. The largest absolute Gasteiger partial charge is 0.508 e. The molecule has 0 saturated heterocycles. The molecule has 1 atom stereocenters. The molecule has 1 aliphatic heterocycles. The minimum Gasteiger partial charge on any atom is -0.508 e.